The van der Waals surface area contributed by atoms with Gasteiger partial charge in [0.1, 0.15) is 12.1 Å². The van der Waals surface area contributed by atoms with Crippen molar-refractivity contribution in [3.05, 3.63) is 47.9 Å². The van der Waals surface area contributed by atoms with Crippen LogP contribution >= 0.6 is 11.3 Å². The average Bonchev–Trinajstić information content (AvgIpc) is 3.42. The number of nitrogens with one attached hydrogen (secondary N) is 1. The molecule has 0 saturated heterocycles. The highest BCUT2D eigenvalue weighted by atomic mass is 32.1. The second-order valence-electron chi connectivity index (χ2n) is 6.94. The number of nitrogens with zero attached hydrogens (tertiary/aromatic N) is 5. The summed E-state index contributed by atoms with van der Waals surface area (Å²) in [4.78, 5) is 13.4. The maximum atomic E-state index is 5.44. The Kier molecular flexibility index (Phi) is 6.20. The molecule has 4 aromatic heterocycles. The second-order valence-corrected chi connectivity index (χ2v) is 7.81. The van der Waals surface area contributed by atoms with Gasteiger partial charge in [-0.2, -0.15) is 5.10 Å². The molecule has 8 nitrogen and oxygen atoms in total. The Labute approximate surface area is 178 Å². The van der Waals surface area contributed by atoms with Gasteiger partial charge in [-0.05, 0) is 17.5 Å². The molecule has 4 heterocycles. The van der Waals surface area contributed by atoms with Crippen LogP contribution in [0.25, 0.3) is 22.3 Å². The summed E-state index contributed by atoms with van der Waals surface area (Å²) < 4.78 is 12.4. The summed E-state index contributed by atoms with van der Waals surface area (Å²) >= 11 is 1.61. The largest absolute Gasteiger partial charge is 0.487 e. The lowest BCUT2D eigenvalue weighted by Crippen LogP contribution is -2.11. The molecule has 1 N–H and O–H groups in total. The summed E-state index contributed by atoms with van der Waals surface area (Å²) in [5.74, 6) is 1.07. The highest BCUT2D eigenvalue weighted by molar-refractivity contribution is 7.12. The zero-order valence-electron chi connectivity index (χ0n) is 17.2. The number of pyridine rings is 1. The van der Waals surface area contributed by atoms with E-state index in [4.69, 9.17) is 9.47 Å². The number of ether oxygens (including phenoxy) is 2. The fourth-order valence-corrected chi connectivity index (χ4v) is 4.11. The first kappa shape index (κ1) is 20.2. The lowest BCUT2D eigenvalue weighted by molar-refractivity contribution is 0.184. The number of methoxy groups -OCH3 is 2. The summed E-state index contributed by atoms with van der Waals surface area (Å²) in [7, 11) is 3.38. The Balaban J connectivity index is 1.49. The first-order valence-electron chi connectivity index (χ1n) is 9.67. The van der Waals surface area contributed by atoms with E-state index in [0.717, 1.165) is 39.7 Å². The van der Waals surface area contributed by atoms with Crippen LogP contribution in [0.5, 0.6) is 5.06 Å². The highest BCUT2D eigenvalue weighted by Crippen LogP contribution is 2.32. The average molecular weight is 425 g/mol. The SMILES string of the molecule is COCCn1ncc2cc(-c3cc(NCC(C)c4ccsc4OC)ncn3)cnc21. The minimum Gasteiger partial charge on any atom is -0.487 e. The Morgan fingerprint density at radius 3 is 2.90 bits per heavy atom. The van der Waals surface area contributed by atoms with Crippen molar-refractivity contribution in [1.82, 2.24) is 24.7 Å². The number of hydrogen-bond donors (Lipinski definition) is 1. The van der Waals surface area contributed by atoms with Gasteiger partial charge in [-0.3, -0.25) is 0 Å². The van der Waals surface area contributed by atoms with Gasteiger partial charge in [0.05, 0.1) is 32.2 Å². The molecule has 0 saturated carbocycles. The van der Waals surface area contributed by atoms with E-state index in [1.807, 2.05) is 34.6 Å². The smallest absolute Gasteiger partial charge is 0.176 e. The van der Waals surface area contributed by atoms with Crippen LogP contribution in [0.4, 0.5) is 5.82 Å². The first-order valence-corrected chi connectivity index (χ1v) is 10.6. The lowest BCUT2D eigenvalue weighted by atomic mass is 10.0. The normalized spacial score (nSPS) is 12.2. The number of thiophene rings is 1. The number of anilines is 1. The topological polar surface area (TPSA) is 87.0 Å². The molecule has 0 fully saturated rings. The molecule has 0 aliphatic rings. The molecule has 156 valence electrons. The molecule has 0 radical (unpaired) electrons. The summed E-state index contributed by atoms with van der Waals surface area (Å²) in [6.07, 6.45) is 5.20. The van der Waals surface area contributed by atoms with E-state index < -0.39 is 0 Å². The zero-order valence-corrected chi connectivity index (χ0v) is 18.0. The van der Waals surface area contributed by atoms with E-state index >= 15 is 0 Å². The van der Waals surface area contributed by atoms with E-state index in [2.05, 4.69) is 38.4 Å². The Hall–Kier alpha value is -3.04. The molecular weight excluding hydrogens is 400 g/mol. The van der Waals surface area contributed by atoms with Crippen molar-refractivity contribution in [1.29, 1.82) is 0 Å². The maximum absolute atomic E-state index is 5.44. The molecule has 30 heavy (non-hydrogen) atoms. The number of hydrogen-bond acceptors (Lipinski definition) is 8. The second kappa shape index (κ2) is 9.19. The van der Waals surface area contributed by atoms with Gasteiger partial charge in [0.15, 0.2) is 10.7 Å². The third-order valence-corrected chi connectivity index (χ3v) is 5.80. The highest BCUT2D eigenvalue weighted by Gasteiger charge is 2.13. The van der Waals surface area contributed by atoms with Gasteiger partial charge in [0.2, 0.25) is 0 Å². The van der Waals surface area contributed by atoms with Crippen molar-refractivity contribution >= 4 is 28.2 Å². The molecule has 0 amide bonds. The van der Waals surface area contributed by atoms with Crippen molar-refractivity contribution in [2.24, 2.45) is 0 Å². The maximum Gasteiger partial charge on any atom is 0.176 e. The Bertz CT molecular complexity index is 1130. The van der Waals surface area contributed by atoms with Crippen LogP contribution in [-0.4, -0.2) is 52.1 Å². The molecule has 4 rings (SSSR count). The Morgan fingerprint density at radius 2 is 2.07 bits per heavy atom. The van der Waals surface area contributed by atoms with Crippen molar-refractivity contribution < 1.29 is 9.47 Å². The molecule has 1 atom stereocenters. The van der Waals surface area contributed by atoms with Crippen LogP contribution in [0, 0.1) is 0 Å². The number of rotatable bonds is 9. The van der Waals surface area contributed by atoms with Crippen LogP contribution in [0.15, 0.2) is 42.3 Å². The minimum atomic E-state index is 0.292. The van der Waals surface area contributed by atoms with Crippen molar-refractivity contribution in [3.63, 3.8) is 0 Å². The summed E-state index contributed by atoms with van der Waals surface area (Å²) in [6, 6.07) is 6.09. The Morgan fingerprint density at radius 1 is 1.17 bits per heavy atom. The van der Waals surface area contributed by atoms with E-state index in [1.54, 1.807) is 31.9 Å². The first-order chi connectivity index (χ1) is 14.7. The summed E-state index contributed by atoms with van der Waals surface area (Å²) in [5, 5.41) is 11.8. The van der Waals surface area contributed by atoms with Crippen LogP contribution in [0.3, 0.4) is 0 Å². The van der Waals surface area contributed by atoms with Gasteiger partial charge in [0, 0.05) is 48.3 Å². The van der Waals surface area contributed by atoms with E-state index in [9.17, 15) is 0 Å². The minimum absolute atomic E-state index is 0.292. The predicted molar refractivity (Wildman–Crippen MR) is 118 cm³/mol. The fraction of sp³-hybridized carbons (Fsp3) is 0.333. The molecule has 4 aromatic rings. The van der Waals surface area contributed by atoms with Crippen LogP contribution in [-0.2, 0) is 11.3 Å². The van der Waals surface area contributed by atoms with Gasteiger partial charge >= 0.3 is 0 Å². The van der Waals surface area contributed by atoms with Crippen molar-refractivity contribution in [3.8, 4) is 16.3 Å². The van der Waals surface area contributed by atoms with Gasteiger partial charge in [-0.1, -0.05) is 6.92 Å². The quantitative estimate of drug-likeness (QED) is 0.437. The molecule has 0 aliphatic carbocycles. The van der Waals surface area contributed by atoms with Gasteiger partial charge in [-0.25, -0.2) is 19.6 Å². The molecule has 1 unspecified atom stereocenters. The molecular formula is C21H24N6O2S. The van der Waals surface area contributed by atoms with Crippen molar-refractivity contribution in [2.45, 2.75) is 19.4 Å². The van der Waals surface area contributed by atoms with Gasteiger partial charge < -0.3 is 14.8 Å². The van der Waals surface area contributed by atoms with E-state index in [-0.39, 0.29) is 0 Å². The van der Waals surface area contributed by atoms with Crippen LogP contribution in [0.1, 0.15) is 18.4 Å². The van der Waals surface area contributed by atoms with Gasteiger partial charge in [0.25, 0.3) is 0 Å². The van der Waals surface area contributed by atoms with Crippen LogP contribution < -0.4 is 10.1 Å². The zero-order chi connectivity index (χ0) is 20.9. The van der Waals surface area contributed by atoms with E-state index in [1.165, 1.54) is 5.56 Å². The lowest BCUT2D eigenvalue weighted by Gasteiger charge is -2.14. The molecule has 9 heteroatoms. The molecule has 0 aromatic carbocycles. The standard InChI is InChI=1S/C21H24N6O2S/c1-14(17-4-7-30-21(17)29-3)10-22-19-9-18(24-13-25-19)15-8-16-12-26-27(5-6-28-2)20(16)23-11-15/h4,7-9,11-14H,5-6,10H2,1-3H3,(H,22,24,25). The summed E-state index contributed by atoms with van der Waals surface area (Å²) in [6.45, 7) is 4.17. The van der Waals surface area contributed by atoms with Gasteiger partial charge in [-0.15, -0.1) is 11.3 Å². The van der Waals surface area contributed by atoms with Crippen molar-refractivity contribution in [2.75, 3.05) is 32.7 Å². The third kappa shape index (κ3) is 4.27. The predicted octanol–water partition coefficient (Wildman–Crippen LogP) is 3.82. The molecule has 0 aliphatic heterocycles. The summed E-state index contributed by atoms with van der Waals surface area (Å²) in [5.41, 5.74) is 3.77. The monoisotopic (exact) mass is 424 g/mol. The van der Waals surface area contributed by atoms with E-state index in [0.29, 0.717) is 19.1 Å². The number of aromatic nitrogens is 5. The molecule has 0 bridgehead atoms. The fourth-order valence-electron chi connectivity index (χ4n) is 3.27. The number of fused-ring (bicyclic) bond motifs is 1. The molecule has 0 spiro atoms. The van der Waals surface area contributed by atoms with Crippen LogP contribution in [0.2, 0.25) is 0 Å². The third-order valence-electron chi connectivity index (χ3n) is 4.91.